The summed E-state index contributed by atoms with van der Waals surface area (Å²) in [5.74, 6) is -0.988. The number of carbonyl (C=O) groups is 2. The normalized spacial score (nSPS) is 19.3. The summed E-state index contributed by atoms with van der Waals surface area (Å²) < 4.78 is 42.5. The highest BCUT2D eigenvalue weighted by molar-refractivity contribution is 6.20. The Balaban J connectivity index is 1.24. The number of amides is 3. The second kappa shape index (κ2) is 10.4. The number of nitrogens with zero attached hydrogens (tertiary/aromatic N) is 5. The molecular formula is C28H26F3N7O3. The Morgan fingerprint density at radius 3 is 2.39 bits per heavy atom. The molecule has 2 N–H and O–H groups in total. The minimum absolute atomic E-state index is 0.0588. The van der Waals surface area contributed by atoms with Gasteiger partial charge in [-0.2, -0.15) is 13.2 Å². The third-order valence-corrected chi connectivity index (χ3v) is 7.37. The number of anilines is 1. The van der Waals surface area contributed by atoms with Crippen molar-refractivity contribution in [1.29, 1.82) is 0 Å². The van der Waals surface area contributed by atoms with E-state index in [1.54, 1.807) is 59.3 Å². The van der Waals surface area contributed by atoms with Gasteiger partial charge >= 0.3 is 17.9 Å². The third-order valence-electron chi connectivity index (χ3n) is 7.37. The Morgan fingerprint density at radius 2 is 1.71 bits per heavy atom. The number of aromatic amines is 1. The number of halogens is 3. The number of benzene rings is 2. The zero-order valence-corrected chi connectivity index (χ0v) is 21.8. The largest absolute Gasteiger partial charge is 0.406 e. The van der Waals surface area contributed by atoms with Crippen molar-refractivity contribution in [1.82, 2.24) is 19.8 Å². The van der Waals surface area contributed by atoms with Crippen molar-refractivity contribution in [3.63, 3.8) is 0 Å². The van der Waals surface area contributed by atoms with Crippen LogP contribution in [0.15, 0.2) is 75.6 Å². The summed E-state index contributed by atoms with van der Waals surface area (Å²) in [4.78, 5) is 52.8. The lowest BCUT2D eigenvalue weighted by molar-refractivity contribution is -0.133. The number of alkyl halides is 3. The van der Waals surface area contributed by atoms with Crippen LogP contribution in [-0.4, -0.2) is 76.3 Å². The van der Waals surface area contributed by atoms with E-state index in [1.165, 1.54) is 11.0 Å². The van der Waals surface area contributed by atoms with Crippen LogP contribution in [0.4, 0.5) is 23.7 Å². The second-order valence-corrected chi connectivity index (χ2v) is 10.1. The van der Waals surface area contributed by atoms with Crippen molar-refractivity contribution >= 4 is 29.0 Å². The summed E-state index contributed by atoms with van der Waals surface area (Å²) >= 11 is 0. The first kappa shape index (κ1) is 26.5. The Bertz CT molecular complexity index is 1600. The highest BCUT2D eigenvalue weighted by Crippen LogP contribution is 2.31. The number of hydrogen-bond donors (Lipinski definition) is 2. The van der Waals surface area contributed by atoms with Crippen LogP contribution < -0.4 is 15.9 Å². The van der Waals surface area contributed by atoms with E-state index in [-0.39, 0.29) is 30.5 Å². The molecule has 10 nitrogen and oxygen atoms in total. The standard InChI is InChI=1S/C28H26F3N7O3/c29-28(30,31)16-38-22-9-5-4-8-19(22)23(17-6-2-1-3-7-17)34-24(25(38)39)35-26(40)36-12-10-18(11-13-36)37-15-21(20-14-32-20)33-27(37)41/h1-9,15,18,24H,10-14,16H2,(H,33,41)(H,35,40)/t24-/m0/s1. The van der Waals surface area contributed by atoms with Gasteiger partial charge in [-0.15, -0.1) is 0 Å². The smallest absolute Gasteiger partial charge is 0.325 e. The maximum Gasteiger partial charge on any atom is 0.406 e. The van der Waals surface area contributed by atoms with Crippen molar-refractivity contribution in [2.45, 2.75) is 31.2 Å². The van der Waals surface area contributed by atoms with Gasteiger partial charge in [-0.3, -0.25) is 19.3 Å². The minimum atomic E-state index is -4.68. The summed E-state index contributed by atoms with van der Waals surface area (Å²) in [6.07, 6.45) is -3.55. The van der Waals surface area contributed by atoms with Gasteiger partial charge in [0.25, 0.3) is 5.91 Å². The molecule has 0 bridgehead atoms. The second-order valence-electron chi connectivity index (χ2n) is 10.1. The molecule has 3 aliphatic heterocycles. The number of piperidine rings is 1. The molecule has 0 aliphatic carbocycles. The molecule has 0 unspecified atom stereocenters. The van der Waals surface area contributed by atoms with Crippen molar-refractivity contribution in [3.05, 3.63) is 88.1 Å². The lowest BCUT2D eigenvalue weighted by Gasteiger charge is -2.33. The summed E-state index contributed by atoms with van der Waals surface area (Å²) in [5.41, 5.74) is 2.60. The van der Waals surface area contributed by atoms with Gasteiger partial charge < -0.3 is 15.2 Å². The number of para-hydroxylation sites is 1. The van der Waals surface area contributed by atoms with Crippen LogP contribution in [0.25, 0.3) is 0 Å². The molecular weight excluding hydrogens is 539 g/mol. The Morgan fingerprint density at radius 1 is 1.02 bits per heavy atom. The number of hydrogen-bond acceptors (Lipinski definition) is 5. The molecule has 13 heteroatoms. The molecule has 1 fully saturated rings. The number of likely N-dealkylation sites (tertiary alicyclic amines) is 1. The number of nitrogens with one attached hydrogen (secondary N) is 2. The van der Waals surface area contributed by atoms with Gasteiger partial charge in [0.1, 0.15) is 6.54 Å². The van der Waals surface area contributed by atoms with Gasteiger partial charge in [-0.25, -0.2) is 14.6 Å². The van der Waals surface area contributed by atoms with Gasteiger partial charge in [0, 0.05) is 36.5 Å². The Hall–Kier alpha value is -4.68. The van der Waals surface area contributed by atoms with Gasteiger partial charge in [-0.1, -0.05) is 48.5 Å². The molecule has 2 aromatic carbocycles. The van der Waals surface area contributed by atoms with Crippen LogP contribution in [-0.2, 0) is 4.79 Å². The molecule has 1 saturated heterocycles. The van der Waals surface area contributed by atoms with Gasteiger partial charge in [0.15, 0.2) is 0 Å². The first-order valence-electron chi connectivity index (χ1n) is 13.2. The highest BCUT2D eigenvalue weighted by Gasteiger charge is 2.40. The van der Waals surface area contributed by atoms with Crippen molar-refractivity contribution in [2.24, 2.45) is 9.98 Å². The van der Waals surface area contributed by atoms with E-state index in [2.05, 4.69) is 20.3 Å². The first-order valence-corrected chi connectivity index (χ1v) is 13.2. The lowest BCUT2D eigenvalue weighted by Crippen LogP contribution is -2.54. The summed E-state index contributed by atoms with van der Waals surface area (Å²) in [6, 6.07) is 14.3. The average Bonchev–Trinajstić information content (AvgIpc) is 3.76. The number of urea groups is 1. The molecule has 0 radical (unpaired) electrons. The highest BCUT2D eigenvalue weighted by atomic mass is 19.4. The fourth-order valence-electron chi connectivity index (χ4n) is 5.28. The Kier molecular flexibility index (Phi) is 6.72. The number of aromatic nitrogens is 2. The van der Waals surface area contributed by atoms with E-state index in [9.17, 15) is 27.6 Å². The molecule has 0 saturated carbocycles. The molecule has 212 valence electrons. The van der Waals surface area contributed by atoms with Crippen molar-refractivity contribution < 1.29 is 22.8 Å². The average molecular weight is 566 g/mol. The maximum atomic E-state index is 13.6. The first-order chi connectivity index (χ1) is 19.7. The van der Waals surface area contributed by atoms with Crippen LogP contribution in [0.3, 0.4) is 0 Å². The monoisotopic (exact) mass is 565 g/mol. The molecule has 4 heterocycles. The molecule has 1 aromatic heterocycles. The zero-order chi connectivity index (χ0) is 28.7. The van der Waals surface area contributed by atoms with Crippen LogP contribution >= 0.6 is 0 Å². The minimum Gasteiger partial charge on any atom is -0.325 e. The number of aliphatic imine (C=N–C) groups is 2. The summed E-state index contributed by atoms with van der Waals surface area (Å²) in [5, 5.41) is 2.57. The van der Waals surface area contributed by atoms with E-state index < -0.39 is 30.8 Å². The number of imidazole rings is 1. The zero-order valence-electron chi connectivity index (χ0n) is 21.8. The molecule has 1 atom stereocenters. The molecule has 3 aromatic rings. The van der Waals surface area contributed by atoms with E-state index >= 15 is 0 Å². The van der Waals surface area contributed by atoms with E-state index in [0.29, 0.717) is 46.8 Å². The topological polar surface area (TPSA) is 115 Å². The van der Waals surface area contributed by atoms with E-state index in [4.69, 9.17) is 0 Å². The van der Waals surface area contributed by atoms with Crippen LogP contribution in [0.5, 0.6) is 0 Å². The van der Waals surface area contributed by atoms with Gasteiger partial charge in [0.2, 0.25) is 6.17 Å². The predicted octanol–water partition coefficient (Wildman–Crippen LogP) is 3.10. The lowest BCUT2D eigenvalue weighted by atomic mass is 10.0. The quantitative estimate of drug-likeness (QED) is 0.496. The van der Waals surface area contributed by atoms with Crippen molar-refractivity contribution in [2.75, 3.05) is 31.1 Å². The molecule has 0 spiro atoms. The third kappa shape index (κ3) is 5.52. The van der Waals surface area contributed by atoms with Gasteiger partial charge in [-0.05, 0) is 18.9 Å². The van der Waals surface area contributed by atoms with Gasteiger partial charge in [0.05, 0.1) is 29.3 Å². The number of carbonyl (C=O) groups excluding carboxylic acids is 2. The van der Waals surface area contributed by atoms with Crippen LogP contribution in [0, 0.1) is 0 Å². The molecule has 41 heavy (non-hydrogen) atoms. The SMILES string of the molecule is O=C(N[C@@H]1N=C(c2ccccc2)c2ccccc2N(CC(F)(F)F)C1=O)N1CCC(n2cc(C3=NC3)[nH]c2=O)CC1. The summed E-state index contributed by atoms with van der Waals surface area (Å²) in [6.45, 7) is -0.351. The molecule has 3 amide bonds. The summed E-state index contributed by atoms with van der Waals surface area (Å²) in [7, 11) is 0. The Labute approximate surface area is 232 Å². The van der Waals surface area contributed by atoms with Crippen LogP contribution in [0.1, 0.15) is 35.7 Å². The number of fused-ring (bicyclic) bond motifs is 1. The van der Waals surface area contributed by atoms with E-state index in [1.807, 2.05) is 0 Å². The molecule has 3 aliphatic rings. The van der Waals surface area contributed by atoms with Crippen LogP contribution in [0.2, 0.25) is 0 Å². The molecule has 6 rings (SSSR count). The maximum absolute atomic E-state index is 13.6. The number of benzodiazepines with no additional fused rings is 1. The fraction of sp³-hybridized carbons (Fsp3) is 0.321. The predicted molar refractivity (Wildman–Crippen MR) is 146 cm³/mol. The van der Waals surface area contributed by atoms with Crippen molar-refractivity contribution in [3.8, 4) is 0 Å². The fourth-order valence-corrected chi connectivity index (χ4v) is 5.28. The van der Waals surface area contributed by atoms with E-state index in [0.717, 1.165) is 5.71 Å². The number of H-pyrrole nitrogens is 1. The number of rotatable bonds is 5.